The van der Waals surface area contributed by atoms with Crippen LogP contribution in [-0.4, -0.2) is 21.8 Å². The van der Waals surface area contributed by atoms with Crippen LogP contribution in [0.5, 0.6) is 11.5 Å². The lowest BCUT2D eigenvalue weighted by Crippen LogP contribution is -2.50. The Morgan fingerprint density at radius 1 is 0.750 bits per heavy atom. The van der Waals surface area contributed by atoms with Gasteiger partial charge in [0.2, 0.25) is 11.6 Å². The fraction of sp³-hybridized carbons (Fsp3) is 0.700. The van der Waals surface area contributed by atoms with Crippen LogP contribution in [0.1, 0.15) is 62.5 Å². The number of hydrogen-bond acceptors (Lipinski definition) is 4. The molecule has 24 heavy (non-hydrogen) atoms. The zero-order chi connectivity index (χ0) is 16.4. The largest absolute Gasteiger partial charge is 0.462 e. The number of rotatable bonds is 0. The summed E-state index contributed by atoms with van der Waals surface area (Å²) in [6.07, 6.45) is 9.55. The van der Waals surface area contributed by atoms with E-state index in [-0.39, 0.29) is 11.8 Å². The number of ether oxygens (including phenoxy) is 2. The third-order valence-corrected chi connectivity index (χ3v) is 6.70. The van der Waals surface area contributed by atoms with Gasteiger partial charge in [-0.3, -0.25) is 0 Å². The Bertz CT molecular complexity index is 614. The van der Waals surface area contributed by atoms with Crippen molar-refractivity contribution < 1.29 is 19.7 Å². The molecule has 4 heteroatoms. The predicted molar refractivity (Wildman–Crippen MR) is 88.9 cm³/mol. The predicted octanol–water partition coefficient (Wildman–Crippen LogP) is 3.31. The Kier molecular flexibility index (Phi) is 3.21. The molecular weight excluding hydrogens is 304 g/mol. The standard InChI is InChI=1S/C20H26O4/c21-19-7-3-1-5-15(19)9-13-11-18-14(12-17(13)23-19)10-16-6-2-4-8-20(16,22)24-18/h11-12,15-16,21-22H,1-10H2/t15-,16+,19-,20+. The topological polar surface area (TPSA) is 58.9 Å². The van der Waals surface area contributed by atoms with Gasteiger partial charge in [-0.25, -0.2) is 0 Å². The molecule has 0 bridgehead atoms. The van der Waals surface area contributed by atoms with Gasteiger partial charge in [-0.2, -0.15) is 0 Å². The van der Waals surface area contributed by atoms with E-state index in [4.69, 9.17) is 9.47 Å². The van der Waals surface area contributed by atoms with Crippen LogP contribution in [-0.2, 0) is 12.8 Å². The lowest BCUT2D eigenvalue weighted by molar-refractivity contribution is -0.208. The van der Waals surface area contributed by atoms with Gasteiger partial charge in [0.1, 0.15) is 11.5 Å². The molecule has 2 heterocycles. The molecular formula is C20H26O4. The first-order valence-electron chi connectivity index (χ1n) is 9.54. The summed E-state index contributed by atoms with van der Waals surface area (Å²) in [7, 11) is 0. The molecule has 2 saturated carbocycles. The van der Waals surface area contributed by atoms with E-state index in [2.05, 4.69) is 12.1 Å². The first-order valence-corrected chi connectivity index (χ1v) is 9.54. The summed E-state index contributed by atoms with van der Waals surface area (Å²) < 4.78 is 12.2. The Morgan fingerprint density at radius 2 is 1.21 bits per heavy atom. The van der Waals surface area contributed by atoms with Crippen molar-refractivity contribution in [1.29, 1.82) is 0 Å². The Labute approximate surface area is 142 Å². The Balaban J connectivity index is 1.51. The molecule has 5 rings (SSSR count). The van der Waals surface area contributed by atoms with Crippen molar-refractivity contribution in [3.63, 3.8) is 0 Å². The maximum Gasteiger partial charge on any atom is 0.211 e. The van der Waals surface area contributed by atoms with Gasteiger partial charge in [-0.1, -0.05) is 12.8 Å². The number of aliphatic hydroxyl groups is 2. The molecule has 2 aliphatic heterocycles. The summed E-state index contributed by atoms with van der Waals surface area (Å²) in [5.41, 5.74) is 2.23. The van der Waals surface area contributed by atoms with E-state index >= 15 is 0 Å². The van der Waals surface area contributed by atoms with E-state index in [9.17, 15) is 10.2 Å². The maximum atomic E-state index is 10.9. The molecule has 0 saturated heterocycles. The van der Waals surface area contributed by atoms with Gasteiger partial charge in [0.25, 0.3) is 0 Å². The average molecular weight is 330 g/mol. The van der Waals surface area contributed by atoms with Crippen LogP contribution < -0.4 is 9.47 Å². The average Bonchev–Trinajstić information content (AvgIpc) is 2.55. The second-order valence-corrected chi connectivity index (χ2v) is 8.26. The first kappa shape index (κ1) is 15.0. The molecule has 2 N–H and O–H groups in total. The Hall–Kier alpha value is -1.26. The Morgan fingerprint density at radius 3 is 1.67 bits per heavy atom. The fourth-order valence-electron chi connectivity index (χ4n) is 5.25. The summed E-state index contributed by atoms with van der Waals surface area (Å²) in [6.45, 7) is 0. The van der Waals surface area contributed by atoms with Crippen LogP contribution in [0.3, 0.4) is 0 Å². The summed E-state index contributed by atoms with van der Waals surface area (Å²) >= 11 is 0. The van der Waals surface area contributed by atoms with Crippen molar-refractivity contribution >= 4 is 0 Å². The lowest BCUT2D eigenvalue weighted by Gasteiger charge is -2.46. The van der Waals surface area contributed by atoms with Gasteiger partial charge in [-0.05, 0) is 61.8 Å². The summed E-state index contributed by atoms with van der Waals surface area (Å²) in [6, 6.07) is 4.11. The minimum atomic E-state index is -0.986. The molecule has 1 aromatic rings. The molecule has 0 unspecified atom stereocenters. The zero-order valence-electron chi connectivity index (χ0n) is 14.1. The van der Waals surface area contributed by atoms with Crippen LogP contribution in [0.25, 0.3) is 0 Å². The molecule has 2 fully saturated rings. The van der Waals surface area contributed by atoms with Crippen molar-refractivity contribution in [3.05, 3.63) is 23.3 Å². The van der Waals surface area contributed by atoms with Gasteiger partial charge in [0, 0.05) is 24.7 Å². The molecule has 4 atom stereocenters. The van der Waals surface area contributed by atoms with Crippen molar-refractivity contribution in [2.45, 2.75) is 75.8 Å². The van der Waals surface area contributed by atoms with Crippen molar-refractivity contribution in [3.8, 4) is 11.5 Å². The van der Waals surface area contributed by atoms with Crippen molar-refractivity contribution in [1.82, 2.24) is 0 Å². The van der Waals surface area contributed by atoms with E-state index in [1.165, 1.54) is 0 Å². The fourth-order valence-corrected chi connectivity index (χ4v) is 5.25. The lowest BCUT2D eigenvalue weighted by atomic mass is 9.75. The van der Waals surface area contributed by atoms with E-state index in [1.54, 1.807) is 0 Å². The van der Waals surface area contributed by atoms with Gasteiger partial charge in [0.05, 0.1) is 0 Å². The number of benzene rings is 1. The quantitative estimate of drug-likeness (QED) is 0.766. The van der Waals surface area contributed by atoms with Gasteiger partial charge in [-0.15, -0.1) is 0 Å². The first-order chi connectivity index (χ1) is 11.6. The summed E-state index contributed by atoms with van der Waals surface area (Å²) in [5.74, 6) is 0.0107. The SMILES string of the molecule is O[C@@]12CCCC[C@@H]1Cc1cc3c(cc1O2)C[C@@H]1CCCC[C@]1(O)O3. The summed E-state index contributed by atoms with van der Waals surface area (Å²) in [4.78, 5) is 0. The molecule has 1 aromatic carbocycles. The highest BCUT2D eigenvalue weighted by Crippen LogP contribution is 2.49. The molecule has 0 radical (unpaired) electrons. The van der Waals surface area contributed by atoms with Gasteiger partial charge >= 0.3 is 0 Å². The van der Waals surface area contributed by atoms with Gasteiger partial charge in [0.15, 0.2) is 0 Å². The third kappa shape index (κ3) is 2.19. The highest BCUT2D eigenvalue weighted by Gasteiger charge is 2.47. The van der Waals surface area contributed by atoms with Crippen LogP contribution in [0.2, 0.25) is 0 Å². The smallest absolute Gasteiger partial charge is 0.211 e. The van der Waals surface area contributed by atoms with Crippen LogP contribution in [0.4, 0.5) is 0 Å². The molecule has 0 aromatic heterocycles. The van der Waals surface area contributed by atoms with E-state index in [1.807, 2.05) is 0 Å². The zero-order valence-corrected chi connectivity index (χ0v) is 14.1. The number of hydrogen-bond donors (Lipinski definition) is 2. The van der Waals surface area contributed by atoms with E-state index in [0.717, 1.165) is 86.8 Å². The van der Waals surface area contributed by atoms with Crippen molar-refractivity contribution in [2.75, 3.05) is 0 Å². The second kappa shape index (κ2) is 5.12. The molecule has 4 nitrogen and oxygen atoms in total. The van der Waals surface area contributed by atoms with Crippen LogP contribution in [0, 0.1) is 11.8 Å². The van der Waals surface area contributed by atoms with Gasteiger partial charge < -0.3 is 19.7 Å². The number of fused-ring (bicyclic) bond motifs is 4. The monoisotopic (exact) mass is 330 g/mol. The normalized spacial score (nSPS) is 40.2. The van der Waals surface area contributed by atoms with Crippen LogP contribution >= 0.6 is 0 Å². The third-order valence-electron chi connectivity index (χ3n) is 6.70. The van der Waals surface area contributed by atoms with Crippen molar-refractivity contribution in [2.24, 2.45) is 11.8 Å². The highest BCUT2D eigenvalue weighted by atomic mass is 16.6. The van der Waals surface area contributed by atoms with E-state index < -0.39 is 11.6 Å². The molecule has 2 aliphatic carbocycles. The maximum absolute atomic E-state index is 10.9. The highest BCUT2D eigenvalue weighted by molar-refractivity contribution is 5.49. The van der Waals surface area contributed by atoms with E-state index in [0.29, 0.717) is 0 Å². The minimum absolute atomic E-state index is 0.172. The molecule has 130 valence electrons. The van der Waals surface area contributed by atoms with Crippen LogP contribution in [0.15, 0.2) is 12.1 Å². The molecule has 0 amide bonds. The second-order valence-electron chi connectivity index (χ2n) is 8.26. The molecule has 0 spiro atoms. The minimum Gasteiger partial charge on any atom is -0.462 e. The summed E-state index contributed by atoms with van der Waals surface area (Å²) in [5, 5.41) is 21.8. The molecule has 4 aliphatic rings.